The summed E-state index contributed by atoms with van der Waals surface area (Å²) in [7, 11) is 0. The molecule has 2 fully saturated rings. The fourth-order valence-electron chi connectivity index (χ4n) is 4.07. The van der Waals surface area contributed by atoms with Gasteiger partial charge in [0.05, 0.1) is 25.2 Å². The van der Waals surface area contributed by atoms with Crippen molar-refractivity contribution in [3.05, 3.63) is 0 Å². The Labute approximate surface area is 158 Å². The average Bonchev–Trinajstić information content (AvgIpc) is 2.63. The van der Waals surface area contributed by atoms with Crippen LogP contribution in [0.5, 0.6) is 0 Å². The fraction of sp³-hybridized carbons (Fsp3) is 0.900. The Hall–Kier alpha value is -1.30. The fourth-order valence-corrected chi connectivity index (χ4v) is 4.07. The van der Waals surface area contributed by atoms with Gasteiger partial charge in [0.25, 0.3) is 0 Å². The molecule has 0 spiro atoms. The number of nitrogens with one attached hydrogen (secondary N) is 2. The Balaban J connectivity index is 1.87. The first kappa shape index (κ1) is 21.0. The second-order valence-electron chi connectivity index (χ2n) is 8.06. The molecule has 0 aromatic carbocycles. The predicted molar refractivity (Wildman–Crippen MR) is 104 cm³/mol. The molecule has 2 atom stereocenters. The van der Waals surface area contributed by atoms with Gasteiger partial charge in [-0.1, -0.05) is 19.8 Å². The van der Waals surface area contributed by atoms with Gasteiger partial charge in [0.15, 0.2) is 5.96 Å². The molecule has 0 bridgehead atoms. The number of ether oxygens (including phenoxy) is 1. The Morgan fingerprint density at radius 1 is 1.19 bits per heavy atom. The van der Waals surface area contributed by atoms with Gasteiger partial charge in [-0.3, -0.25) is 9.79 Å². The summed E-state index contributed by atoms with van der Waals surface area (Å²) in [5, 5.41) is 17.2. The van der Waals surface area contributed by atoms with E-state index in [2.05, 4.69) is 24.5 Å². The van der Waals surface area contributed by atoms with Gasteiger partial charge in [-0.25, -0.2) is 0 Å². The standard InChI is InChI=1S/C20H37N3O3/c1-4-21-19(22-14-20(3)13-7-6-8-17(20)24)23-16-11-9-15(10-12-16)18(25)26-5-2/h15-17,24H,4-14H2,1-3H3,(H2,21,22,23). The van der Waals surface area contributed by atoms with Crippen molar-refractivity contribution in [2.45, 2.75) is 84.3 Å². The lowest BCUT2D eigenvalue weighted by atomic mass is 9.73. The zero-order chi connectivity index (χ0) is 19.0. The zero-order valence-corrected chi connectivity index (χ0v) is 16.7. The van der Waals surface area contributed by atoms with Gasteiger partial charge in [-0.05, 0) is 52.4 Å². The minimum absolute atomic E-state index is 0.0452. The number of hydrogen-bond acceptors (Lipinski definition) is 4. The normalized spacial score (nSPS) is 32.8. The van der Waals surface area contributed by atoms with E-state index < -0.39 is 0 Å². The van der Waals surface area contributed by atoms with Crippen LogP contribution < -0.4 is 10.6 Å². The van der Waals surface area contributed by atoms with E-state index in [0.29, 0.717) is 19.2 Å². The van der Waals surface area contributed by atoms with Crippen molar-refractivity contribution < 1.29 is 14.6 Å². The molecule has 6 heteroatoms. The molecule has 2 saturated carbocycles. The molecule has 0 amide bonds. The number of guanidine groups is 1. The van der Waals surface area contributed by atoms with Crippen molar-refractivity contribution in [2.75, 3.05) is 19.7 Å². The van der Waals surface area contributed by atoms with Crippen LogP contribution in [-0.2, 0) is 9.53 Å². The lowest BCUT2D eigenvalue weighted by molar-refractivity contribution is -0.149. The molecule has 3 N–H and O–H groups in total. The number of aliphatic hydroxyl groups is 1. The van der Waals surface area contributed by atoms with E-state index in [4.69, 9.17) is 9.73 Å². The van der Waals surface area contributed by atoms with Crippen LogP contribution in [0.2, 0.25) is 0 Å². The molecule has 26 heavy (non-hydrogen) atoms. The van der Waals surface area contributed by atoms with Crippen molar-refractivity contribution in [3.63, 3.8) is 0 Å². The monoisotopic (exact) mass is 367 g/mol. The lowest BCUT2D eigenvalue weighted by Gasteiger charge is -2.37. The average molecular weight is 368 g/mol. The van der Waals surface area contributed by atoms with Gasteiger partial charge >= 0.3 is 5.97 Å². The van der Waals surface area contributed by atoms with Crippen LogP contribution in [0.15, 0.2) is 4.99 Å². The topological polar surface area (TPSA) is 83.0 Å². The number of esters is 1. The summed E-state index contributed by atoms with van der Waals surface area (Å²) in [4.78, 5) is 16.7. The molecule has 2 rings (SSSR count). The summed E-state index contributed by atoms with van der Waals surface area (Å²) in [6.45, 7) is 7.97. The molecule has 0 aromatic rings. The van der Waals surface area contributed by atoms with Gasteiger partial charge in [-0.2, -0.15) is 0 Å². The van der Waals surface area contributed by atoms with E-state index in [1.807, 2.05) is 6.92 Å². The SMILES string of the molecule is CCNC(=NCC1(C)CCCCC1O)NC1CCC(C(=O)OCC)CC1. The van der Waals surface area contributed by atoms with Gasteiger partial charge < -0.3 is 20.5 Å². The Bertz CT molecular complexity index is 475. The molecule has 0 heterocycles. The van der Waals surface area contributed by atoms with Crippen LogP contribution in [0.3, 0.4) is 0 Å². The molecule has 0 saturated heterocycles. The molecule has 2 aliphatic rings. The van der Waals surface area contributed by atoms with Crippen LogP contribution in [-0.4, -0.2) is 48.9 Å². The summed E-state index contributed by atoms with van der Waals surface area (Å²) < 4.78 is 5.14. The smallest absolute Gasteiger partial charge is 0.308 e. The van der Waals surface area contributed by atoms with Crippen LogP contribution in [0.4, 0.5) is 0 Å². The third-order valence-corrected chi connectivity index (χ3v) is 5.91. The molecule has 6 nitrogen and oxygen atoms in total. The van der Waals surface area contributed by atoms with Gasteiger partial charge in [0.2, 0.25) is 0 Å². The quantitative estimate of drug-likeness (QED) is 0.382. The van der Waals surface area contributed by atoms with E-state index in [1.54, 1.807) is 0 Å². The first-order valence-corrected chi connectivity index (χ1v) is 10.4. The highest BCUT2D eigenvalue weighted by molar-refractivity contribution is 5.80. The second-order valence-corrected chi connectivity index (χ2v) is 8.06. The molecule has 0 radical (unpaired) electrons. The first-order valence-electron chi connectivity index (χ1n) is 10.4. The van der Waals surface area contributed by atoms with E-state index in [9.17, 15) is 9.90 Å². The van der Waals surface area contributed by atoms with E-state index >= 15 is 0 Å². The largest absolute Gasteiger partial charge is 0.466 e. The van der Waals surface area contributed by atoms with Gasteiger partial charge in [-0.15, -0.1) is 0 Å². The highest BCUT2D eigenvalue weighted by Gasteiger charge is 2.35. The van der Waals surface area contributed by atoms with Gasteiger partial charge in [0.1, 0.15) is 0 Å². The van der Waals surface area contributed by atoms with Crippen LogP contribution in [0, 0.1) is 11.3 Å². The number of aliphatic imine (C=N–C) groups is 1. The molecule has 0 aliphatic heterocycles. The first-order chi connectivity index (χ1) is 12.5. The molecular formula is C20H37N3O3. The minimum atomic E-state index is -0.261. The third-order valence-electron chi connectivity index (χ3n) is 5.91. The lowest BCUT2D eigenvalue weighted by Crippen LogP contribution is -2.46. The maximum atomic E-state index is 11.9. The van der Waals surface area contributed by atoms with Crippen molar-refractivity contribution in [3.8, 4) is 0 Å². The van der Waals surface area contributed by atoms with Crippen LogP contribution in [0.1, 0.15) is 72.1 Å². The number of hydrogen-bond donors (Lipinski definition) is 3. The highest BCUT2D eigenvalue weighted by atomic mass is 16.5. The Kier molecular flexibility index (Phi) is 8.19. The molecule has 150 valence electrons. The summed E-state index contributed by atoms with van der Waals surface area (Å²) >= 11 is 0. The number of carbonyl (C=O) groups is 1. The maximum absolute atomic E-state index is 11.9. The number of rotatable bonds is 6. The number of nitrogens with zero attached hydrogens (tertiary/aromatic N) is 1. The summed E-state index contributed by atoms with van der Waals surface area (Å²) in [5.74, 6) is 0.820. The van der Waals surface area contributed by atoms with Crippen LogP contribution >= 0.6 is 0 Å². The Morgan fingerprint density at radius 2 is 1.92 bits per heavy atom. The summed E-state index contributed by atoms with van der Waals surface area (Å²) in [6, 6.07) is 0.336. The van der Waals surface area contributed by atoms with E-state index in [-0.39, 0.29) is 23.4 Å². The van der Waals surface area contributed by atoms with E-state index in [1.165, 1.54) is 6.42 Å². The summed E-state index contributed by atoms with van der Waals surface area (Å²) in [5.41, 5.74) is -0.123. The van der Waals surface area contributed by atoms with Crippen molar-refractivity contribution in [1.82, 2.24) is 10.6 Å². The van der Waals surface area contributed by atoms with Crippen molar-refractivity contribution in [1.29, 1.82) is 0 Å². The van der Waals surface area contributed by atoms with Crippen LogP contribution in [0.25, 0.3) is 0 Å². The summed E-state index contributed by atoms with van der Waals surface area (Å²) in [6.07, 6.45) is 7.58. The number of carbonyl (C=O) groups excluding carboxylic acids is 1. The molecule has 2 aliphatic carbocycles. The van der Waals surface area contributed by atoms with E-state index in [0.717, 1.165) is 57.5 Å². The van der Waals surface area contributed by atoms with Crippen molar-refractivity contribution >= 4 is 11.9 Å². The molecular weight excluding hydrogens is 330 g/mol. The van der Waals surface area contributed by atoms with Crippen molar-refractivity contribution in [2.24, 2.45) is 16.3 Å². The third kappa shape index (κ3) is 5.86. The predicted octanol–water partition coefficient (Wildman–Crippen LogP) is 2.60. The maximum Gasteiger partial charge on any atom is 0.308 e. The minimum Gasteiger partial charge on any atom is -0.466 e. The zero-order valence-electron chi connectivity index (χ0n) is 16.7. The second kappa shape index (κ2) is 10.1. The molecule has 0 aromatic heterocycles. The number of aliphatic hydroxyl groups excluding tert-OH is 1. The Morgan fingerprint density at radius 3 is 2.54 bits per heavy atom. The highest BCUT2D eigenvalue weighted by Crippen LogP contribution is 2.36. The van der Waals surface area contributed by atoms with Gasteiger partial charge in [0, 0.05) is 18.0 Å². The molecule has 2 unspecified atom stereocenters.